The summed E-state index contributed by atoms with van der Waals surface area (Å²) in [6.07, 6.45) is 0. The molecule has 0 N–H and O–H groups in total. The average molecular weight is 584 g/mol. The van der Waals surface area contributed by atoms with Crippen molar-refractivity contribution in [3.05, 3.63) is 90.6 Å². The summed E-state index contributed by atoms with van der Waals surface area (Å²) in [5, 5.41) is 0. The second-order valence-corrected chi connectivity index (χ2v) is 8.17. The van der Waals surface area contributed by atoms with Gasteiger partial charge in [0, 0.05) is 12.7 Å². The number of carbonyl (C=O) groups is 2. The molecule has 0 atom stereocenters. The van der Waals surface area contributed by atoms with Crippen molar-refractivity contribution in [1.82, 2.24) is 0 Å². The van der Waals surface area contributed by atoms with Gasteiger partial charge in [0.25, 0.3) is 0 Å². The normalized spacial score (nSPS) is 10.3. The summed E-state index contributed by atoms with van der Waals surface area (Å²) in [4.78, 5) is 24.8. The van der Waals surface area contributed by atoms with Crippen molar-refractivity contribution in [2.24, 2.45) is 0 Å². The lowest BCUT2D eigenvalue weighted by molar-refractivity contribution is 0.0730. The lowest BCUT2D eigenvalue weighted by atomic mass is 10.2. The monoisotopic (exact) mass is 584 g/mol. The van der Waals surface area contributed by atoms with E-state index < -0.39 is 11.9 Å². The number of rotatable bonds is 4. The molecule has 0 unspecified atom stereocenters. The lowest BCUT2D eigenvalue weighted by Gasteiger charge is -2.12. The highest BCUT2D eigenvalue weighted by Crippen LogP contribution is 2.29. The molecule has 0 aromatic heterocycles. The van der Waals surface area contributed by atoms with Crippen LogP contribution in [-0.4, -0.2) is 11.9 Å². The van der Waals surface area contributed by atoms with Gasteiger partial charge >= 0.3 is 11.9 Å². The zero-order valence-corrected chi connectivity index (χ0v) is 18.6. The second-order valence-electron chi connectivity index (χ2n) is 5.68. The van der Waals surface area contributed by atoms with Crippen LogP contribution >= 0.6 is 45.2 Å². The summed E-state index contributed by atoms with van der Waals surface area (Å²) in [6, 6.07) is 19.3. The largest absolute Gasteiger partial charge is 0.423 e. The van der Waals surface area contributed by atoms with E-state index in [4.69, 9.17) is 9.47 Å². The van der Waals surface area contributed by atoms with Crippen LogP contribution in [0.1, 0.15) is 26.3 Å². The highest BCUT2D eigenvalue weighted by Gasteiger charge is 2.16. The molecule has 4 nitrogen and oxygen atoms in total. The molecule has 3 aromatic rings. The van der Waals surface area contributed by atoms with Crippen LogP contribution in [0.2, 0.25) is 0 Å². The summed E-state index contributed by atoms with van der Waals surface area (Å²) in [5.74, 6) is -0.214. The predicted octanol–water partition coefficient (Wildman–Crippen LogP) is 5.64. The van der Waals surface area contributed by atoms with E-state index in [1.807, 2.05) is 12.1 Å². The summed E-state index contributed by atoms with van der Waals surface area (Å²) in [6.45, 7) is 1.74. The average Bonchev–Trinajstić information content (AvgIpc) is 2.65. The van der Waals surface area contributed by atoms with Crippen molar-refractivity contribution in [1.29, 1.82) is 0 Å². The fourth-order valence-electron chi connectivity index (χ4n) is 2.36. The summed E-state index contributed by atoms with van der Waals surface area (Å²) in [7, 11) is 0. The van der Waals surface area contributed by atoms with Gasteiger partial charge in [-0.1, -0.05) is 18.2 Å². The van der Waals surface area contributed by atoms with Gasteiger partial charge in [0.15, 0.2) is 0 Å². The number of benzene rings is 3. The predicted molar refractivity (Wildman–Crippen MR) is 119 cm³/mol. The molecular weight excluding hydrogens is 570 g/mol. The molecule has 0 saturated heterocycles. The number of halogens is 2. The SMILES string of the molecule is Cc1c(OC(=O)c2cccc(I)c2)cccc1OC(=O)c1cccc(I)c1. The number of hydrogen-bond acceptors (Lipinski definition) is 4. The van der Waals surface area contributed by atoms with Crippen molar-refractivity contribution in [3.63, 3.8) is 0 Å². The Bertz CT molecular complexity index is 937. The van der Waals surface area contributed by atoms with Crippen LogP contribution in [0.5, 0.6) is 11.5 Å². The third kappa shape index (κ3) is 5.07. The van der Waals surface area contributed by atoms with Gasteiger partial charge in [-0.2, -0.15) is 0 Å². The number of carbonyl (C=O) groups excluding carboxylic acids is 2. The quantitative estimate of drug-likeness (QED) is 0.227. The molecule has 0 heterocycles. The van der Waals surface area contributed by atoms with Crippen LogP contribution in [0.3, 0.4) is 0 Å². The van der Waals surface area contributed by atoms with Crippen LogP contribution in [-0.2, 0) is 0 Å². The van der Waals surface area contributed by atoms with Crippen LogP contribution < -0.4 is 9.47 Å². The van der Waals surface area contributed by atoms with Crippen molar-refractivity contribution in [3.8, 4) is 11.5 Å². The van der Waals surface area contributed by atoms with Gasteiger partial charge in [0.2, 0.25) is 0 Å². The van der Waals surface area contributed by atoms with E-state index in [0.717, 1.165) is 7.14 Å². The summed E-state index contributed by atoms with van der Waals surface area (Å²) < 4.78 is 12.9. The highest BCUT2D eigenvalue weighted by atomic mass is 127. The van der Waals surface area contributed by atoms with Gasteiger partial charge < -0.3 is 9.47 Å². The number of ether oxygens (including phenoxy) is 2. The smallest absolute Gasteiger partial charge is 0.343 e. The van der Waals surface area contributed by atoms with Crippen molar-refractivity contribution in [2.75, 3.05) is 0 Å². The summed E-state index contributed by atoms with van der Waals surface area (Å²) >= 11 is 4.27. The first kappa shape index (κ1) is 19.8. The van der Waals surface area contributed by atoms with E-state index in [9.17, 15) is 9.59 Å². The minimum absolute atomic E-state index is 0.354. The van der Waals surface area contributed by atoms with E-state index in [1.54, 1.807) is 61.5 Å². The third-order valence-corrected chi connectivity index (χ3v) is 5.10. The Morgan fingerprint density at radius 1 is 0.704 bits per heavy atom. The van der Waals surface area contributed by atoms with Gasteiger partial charge in [-0.25, -0.2) is 9.59 Å². The van der Waals surface area contributed by atoms with E-state index in [1.165, 1.54) is 0 Å². The van der Waals surface area contributed by atoms with Crippen molar-refractivity contribution in [2.45, 2.75) is 6.92 Å². The van der Waals surface area contributed by atoms with E-state index >= 15 is 0 Å². The molecule has 0 aliphatic carbocycles. The van der Waals surface area contributed by atoms with Gasteiger partial charge in [0.05, 0.1) is 11.1 Å². The Kier molecular flexibility index (Phi) is 6.48. The molecule has 0 amide bonds. The molecule has 0 radical (unpaired) electrons. The van der Waals surface area contributed by atoms with Crippen molar-refractivity contribution < 1.29 is 19.1 Å². The molecule has 3 aromatic carbocycles. The van der Waals surface area contributed by atoms with Gasteiger partial charge in [-0.15, -0.1) is 0 Å². The molecule has 6 heteroatoms. The minimum atomic E-state index is -0.460. The first-order valence-corrected chi connectivity index (χ1v) is 10.1. The fraction of sp³-hybridized carbons (Fsp3) is 0.0476. The molecule has 0 spiro atoms. The molecule has 27 heavy (non-hydrogen) atoms. The van der Waals surface area contributed by atoms with Crippen molar-refractivity contribution >= 4 is 57.1 Å². The maximum absolute atomic E-state index is 12.4. The molecule has 136 valence electrons. The Balaban J connectivity index is 1.79. The van der Waals surface area contributed by atoms with E-state index in [0.29, 0.717) is 28.2 Å². The van der Waals surface area contributed by atoms with E-state index in [-0.39, 0.29) is 0 Å². The zero-order valence-electron chi connectivity index (χ0n) is 14.2. The Hall–Kier alpha value is -1.94. The Labute approximate surface area is 184 Å². The van der Waals surface area contributed by atoms with Crippen LogP contribution in [0, 0.1) is 14.1 Å². The minimum Gasteiger partial charge on any atom is -0.423 e. The molecule has 0 aliphatic rings. The molecule has 0 aliphatic heterocycles. The zero-order chi connectivity index (χ0) is 19.4. The van der Waals surface area contributed by atoms with Crippen LogP contribution in [0.15, 0.2) is 66.7 Å². The Morgan fingerprint density at radius 3 is 1.52 bits per heavy atom. The number of hydrogen-bond donors (Lipinski definition) is 0. The number of esters is 2. The third-order valence-electron chi connectivity index (χ3n) is 3.76. The maximum atomic E-state index is 12.4. The molecule has 0 fully saturated rings. The highest BCUT2D eigenvalue weighted by molar-refractivity contribution is 14.1. The molecule has 0 bridgehead atoms. The van der Waals surface area contributed by atoms with Crippen LogP contribution in [0.25, 0.3) is 0 Å². The van der Waals surface area contributed by atoms with Gasteiger partial charge in [0.1, 0.15) is 11.5 Å². The first-order chi connectivity index (χ1) is 12.9. The standard InChI is InChI=1S/C21H14I2O4/c1-13-18(26-20(24)14-5-2-7-16(22)11-14)9-4-10-19(13)27-21(25)15-6-3-8-17(23)12-15/h2-12H,1H3. The topological polar surface area (TPSA) is 52.6 Å². The lowest BCUT2D eigenvalue weighted by Crippen LogP contribution is -2.12. The van der Waals surface area contributed by atoms with Gasteiger partial charge in [-0.3, -0.25) is 0 Å². The maximum Gasteiger partial charge on any atom is 0.343 e. The van der Waals surface area contributed by atoms with Crippen LogP contribution in [0.4, 0.5) is 0 Å². The molecule has 3 rings (SSSR count). The van der Waals surface area contributed by atoms with E-state index in [2.05, 4.69) is 45.2 Å². The second kappa shape index (κ2) is 8.83. The Morgan fingerprint density at radius 2 is 1.11 bits per heavy atom. The fourth-order valence-corrected chi connectivity index (χ4v) is 3.45. The summed E-state index contributed by atoms with van der Waals surface area (Å²) in [5.41, 5.74) is 1.50. The first-order valence-electron chi connectivity index (χ1n) is 7.99. The molecule has 0 saturated carbocycles. The van der Waals surface area contributed by atoms with Gasteiger partial charge in [-0.05, 0) is 101 Å². The molecular formula is C21H14I2O4.